The molecule has 0 saturated carbocycles. The molecule has 0 aliphatic rings. The first-order valence-electron chi connectivity index (χ1n) is 4.02. The summed E-state index contributed by atoms with van der Waals surface area (Å²) >= 11 is 0. The molecule has 0 heterocycles. The number of carboxylic acids is 1. The fourth-order valence-corrected chi connectivity index (χ4v) is 0.828. The van der Waals surface area contributed by atoms with E-state index in [0.29, 0.717) is 0 Å². The largest absolute Gasteiger partial charge is 0.480 e. The Bertz CT molecular complexity index is 270. The highest BCUT2D eigenvalue weighted by Gasteiger charge is 2.22. The van der Waals surface area contributed by atoms with Gasteiger partial charge in [-0.05, 0) is 11.4 Å². The molecule has 7 nitrogen and oxygen atoms in total. The van der Waals surface area contributed by atoms with Crippen LogP contribution in [-0.4, -0.2) is 29.6 Å². The Labute approximate surface area is 80.7 Å². The van der Waals surface area contributed by atoms with Crippen molar-refractivity contribution in [3.8, 4) is 0 Å². The fraction of sp³-hybridized carbons (Fsp3) is 0.714. The number of carbonyl (C=O) groups is 2. The van der Waals surface area contributed by atoms with Crippen LogP contribution < -0.4 is 5.32 Å². The second-order valence-corrected chi connectivity index (χ2v) is 3.02. The van der Waals surface area contributed by atoms with Crippen molar-refractivity contribution in [2.24, 2.45) is 11.0 Å². The number of carboxylic acid groups (broad SMARTS) is 1. The van der Waals surface area contributed by atoms with Gasteiger partial charge in [-0.2, -0.15) is 0 Å². The van der Waals surface area contributed by atoms with E-state index in [-0.39, 0.29) is 12.5 Å². The topological polar surface area (TPSA) is 115 Å². The van der Waals surface area contributed by atoms with Gasteiger partial charge < -0.3 is 10.4 Å². The van der Waals surface area contributed by atoms with Crippen LogP contribution >= 0.6 is 0 Å². The average Bonchev–Trinajstić information content (AvgIpc) is 2.09. The van der Waals surface area contributed by atoms with Crippen LogP contribution in [0.15, 0.2) is 5.11 Å². The lowest BCUT2D eigenvalue weighted by Crippen LogP contribution is -2.45. The lowest BCUT2D eigenvalue weighted by molar-refractivity contribution is -0.142. The van der Waals surface area contributed by atoms with E-state index in [2.05, 4.69) is 15.3 Å². The van der Waals surface area contributed by atoms with E-state index in [1.165, 1.54) is 0 Å². The molecule has 0 aliphatic heterocycles. The van der Waals surface area contributed by atoms with Crippen LogP contribution in [0.2, 0.25) is 0 Å². The minimum Gasteiger partial charge on any atom is -0.480 e. The van der Waals surface area contributed by atoms with Gasteiger partial charge in [0.25, 0.3) is 0 Å². The highest BCUT2D eigenvalue weighted by atomic mass is 16.4. The van der Waals surface area contributed by atoms with Crippen LogP contribution in [0.5, 0.6) is 0 Å². The van der Waals surface area contributed by atoms with Crippen LogP contribution in [-0.2, 0) is 9.59 Å². The molecule has 0 unspecified atom stereocenters. The Morgan fingerprint density at radius 1 is 1.57 bits per heavy atom. The molecule has 0 saturated heterocycles. The lowest BCUT2D eigenvalue weighted by atomic mass is 10.1. The van der Waals surface area contributed by atoms with E-state index in [9.17, 15) is 9.59 Å². The van der Waals surface area contributed by atoms with Gasteiger partial charge in [-0.1, -0.05) is 19.0 Å². The minimum atomic E-state index is -1.10. The quantitative estimate of drug-likeness (QED) is 0.383. The summed E-state index contributed by atoms with van der Waals surface area (Å²) < 4.78 is 0. The zero-order valence-electron chi connectivity index (χ0n) is 7.97. The molecule has 0 fully saturated rings. The predicted octanol–water partition coefficient (Wildman–Crippen LogP) is 0.522. The summed E-state index contributed by atoms with van der Waals surface area (Å²) in [5, 5.41) is 14.0. The molecule has 0 rings (SSSR count). The van der Waals surface area contributed by atoms with Gasteiger partial charge in [-0.3, -0.25) is 4.79 Å². The van der Waals surface area contributed by atoms with Crippen molar-refractivity contribution in [2.45, 2.75) is 19.9 Å². The predicted molar refractivity (Wildman–Crippen MR) is 48.4 cm³/mol. The molecule has 78 valence electrons. The maximum Gasteiger partial charge on any atom is 0.326 e. The Balaban J connectivity index is 4.23. The van der Waals surface area contributed by atoms with E-state index in [1.807, 2.05) is 0 Å². The number of rotatable bonds is 5. The highest BCUT2D eigenvalue weighted by Crippen LogP contribution is 2.01. The third-order valence-corrected chi connectivity index (χ3v) is 1.53. The van der Waals surface area contributed by atoms with E-state index in [0.717, 1.165) is 0 Å². The molecule has 0 aromatic carbocycles. The molecule has 0 aromatic heterocycles. The summed E-state index contributed by atoms with van der Waals surface area (Å²) in [6.45, 7) is 2.96. The molecule has 1 atom stereocenters. The summed E-state index contributed by atoms with van der Waals surface area (Å²) in [6, 6.07) is -0.948. The maximum absolute atomic E-state index is 11.0. The molecule has 0 radical (unpaired) electrons. The monoisotopic (exact) mass is 200 g/mol. The van der Waals surface area contributed by atoms with E-state index in [4.69, 9.17) is 10.6 Å². The van der Waals surface area contributed by atoms with Gasteiger partial charge in [-0.15, -0.1) is 0 Å². The van der Waals surface area contributed by atoms with Crippen LogP contribution in [0.4, 0.5) is 0 Å². The van der Waals surface area contributed by atoms with Crippen LogP contribution in [0.1, 0.15) is 13.8 Å². The van der Waals surface area contributed by atoms with Crippen molar-refractivity contribution < 1.29 is 14.7 Å². The minimum absolute atomic E-state index is 0.220. The normalized spacial score (nSPS) is 11.6. The Kier molecular flexibility index (Phi) is 5.09. The molecule has 0 aromatic rings. The first-order chi connectivity index (χ1) is 6.49. The number of hydrogen-bond acceptors (Lipinski definition) is 3. The number of azide groups is 1. The second kappa shape index (κ2) is 5.82. The lowest BCUT2D eigenvalue weighted by Gasteiger charge is -2.16. The third kappa shape index (κ3) is 4.32. The Morgan fingerprint density at radius 2 is 2.14 bits per heavy atom. The van der Waals surface area contributed by atoms with Gasteiger partial charge in [-0.25, -0.2) is 4.79 Å². The zero-order chi connectivity index (χ0) is 11.1. The Hall–Kier alpha value is -1.75. The molecule has 7 heteroatoms. The first-order valence-corrected chi connectivity index (χ1v) is 4.02. The zero-order valence-corrected chi connectivity index (χ0v) is 7.97. The van der Waals surface area contributed by atoms with Crippen molar-refractivity contribution >= 4 is 11.9 Å². The van der Waals surface area contributed by atoms with Crippen molar-refractivity contribution in [3.63, 3.8) is 0 Å². The van der Waals surface area contributed by atoms with Gasteiger partial charge in [0.2, 0.25) is 5.91 Å². The van der Waals surface area contributed by atoms with Crippen molar-refractivity contribution in [3.05, 3.63) is 10.4 Å². The smallest absolute Gasteiger partial charge is 0.326 e. The molecule has 1 amide bonds. The van der Waals surface area contributed by atoms with Crippen LogP contribution in [0.3, 0.4) is 0 Å². The fourth-order valence-electron chi connectivity index (χ4n) is 0.828. The summed E-state index contributed by atoms with van der Waals surface area (Å²) in [7, 11) is 0. The number of nitrogens with zero attached hydrogens (tertiary/aromatic N) is 3. The molecule has 0 bridgehead atoms. The summed E-state index contributed by atoms with van der Waals surface area (Å²) in [5.41, 5.74) is 7.93. The molecule has 2 N–H and O–H groups in total. The average molecular weight is 200 g/mol. The molecule has 0 spiro atoms. The van der Waals surface area contributed by atoms with Gasteiger partial charge in [0.05, 0.1) is 0 Å². The van der Waals surface area contributed by atoms with Gasteiger partial charge in [0.15, 0.2) is 0 Å². The summed E-state index contributed by atoms with van der Waals surface area (Å²) in [4.78, 5) is 24.0. The number of carbonyl (C=O) groups excluding carboxylic acids is 1. The van der Waals surface area contributed by atoms with E-state index >= 15 is 0 Å². The summed E-state index contributed by atoms with van der Waals surface area (Å²) in [6.07, 6.45) is 0. The molecular weight excluding hydrogens is 188 g/mol. The van der Waals surface area contributed by atoms with Gasteiger partial charge in [0, 0.05) is 4.91 Å². The van der Waals surface area contributed by atoms with Crippen LogP contribution in [0.25, 0.3) is 10.4 Å². The molecule has 0 aliphatic carbocycles. The van der Waals surface area contributed by atoms with Crippen LogP contribution in [0, 0.1) is 5.92 Å². The highest BCUT2D eigenvalue weighted by molar-refractivity contribution is 5.84. The standard InChI is InChI=1S/C7H12N4O3/c1-4(2)6(7(13)14)10-5(12)3-9-11-8/h4,6H,3H2,1-2H3,(H,10,12)(H,13,14)/t6-/m0/s1. The SMILES string of the molecule is CC(C)[C@H](NC(=O)CN=[N+]=[N-])C(=O)O. The number of nitrogens with one attached hydrogen (secondary N) is 1. The van der Waals surface area contributed by atoms with Crippen molar-refractivity contribution in [1.82, 2.24) is 5.32 Å². The van der Waals surface area contributed by atoms with Crippen molar-refractivity contribution in [2.75, 3.05) is 6.54 Å². The number of amides is 1. The van der Waals surface area contributed by atoms with E-state index in [1.54, 1.807) is 13.8 Å². The maximum atomic E-state index is 11.0. The number of aliphatic carboxylic acids is 1. The van der Waals surface area contributed by atoms with Gasteiger partial charge >= 0.3 is 5.97 Å². The Morgan fingerprint density at radius 3 is 2.50 bits per heavy atom. The van der Waals surface area contributed by atoms with Gasteiger partial charge in [0.1, 0.15) is 12.6 Å². The molecular formula is C7H12N4O3. The second-order valence-electron chi connectivity index (χ2n) is 3.02. The number of hydrogen-bond donors (Lipinski definition) is 2. The summed E-state index contributed by atoms with van der Waals surface area (Å²) in [5.74, 6) is -1.92. The first kappa shape index (κ1) is 12.2. The van der Waals surface area contributed by atoms with E-state index < -0.39 is 17.9 Å². The van der Waals surface area contributed by atoms with Crippen molar-refractivity contribution in [1.29, 1.82) is 0 Å². The third-order valence-electron chi connectivity index (χ3n) is 1.53. The molecule has 14 heavy (non-hydrogen) atoms.